The van der Waals surface area contributed by atoms with Gasteiger partial charge in [0, 0.05) is 6.54 Å². The fourth-order valence-corrected chi connectivity index (χ4v) is 1.00. The van der Waals surface area contributed by atoms with Crippen molar-refractivity contribution in [1.29, 1.82) is 5.26 Å². The van der Waals surface area contributed by atoms with E-state index in [-0.39, 0.29) is 18.2 Å². The highest BCUT2D eigenvalue weighted by molar-refractivity contribution is 5.32. The van der Waals surface area contributed by atoms with Crippen LogP contribution < -0.4 is 5.73 Å². The summed E-state index contributed by atoms with van der Waals surface area (Å²) in [6, 6.07) is 8.66. The molecule has 0 aliphatic heterocycles. The summed E-state index contributed by atoms with van der Waals surface area (Å²) in [4.78, 5) is 0. The van der Waals surface area contributed by atoms with Gasteiger partial charge in [-0.1, -0.05) is 12.1 Å². The summed E-state index contributed by atoms with van der Waals surface area (Å²) in [6.45, 7) is 0.278. The minimum atomic E-state index is -0.322. The van der Waals surface area contributed by atoms with Crippen molar-refractivity contribution in [3.8, 4) is 11.8 Å². The minimum Gasteiger partial charge on any atom is -0.508 e. The zero-order valence-corrected chi connectivity index (χ0v) is 6.57. The van der Waals surface area contributed by atoms with Crippen molar-refractivity contribution < 1.29 is 5.11 Å². The second-order valence-electron chi connectivity index (χ2n) is 2.51. The second kappa shape index (κ2) is 3.74. The Morgan fingerprint density at radius 2 is 2.33 bits per heavy atom. The third-order valence-corrected chi connectivity index (χ3v) is 1.66. The summed E-state index contributed by atoms with van der Waals surface area (Å²) in [5.41, 5.74) is 6.13. The van der Waals surface area contributed by atoms with Crippen molar-refractivity contribution in [2.75, 3.05) is 6.54 Å². The number of phenolic OH excluding ortho intramolecular Hbond substituents is 1. The van der Waals surface area contributed by atoms with Gasteiger partial charge in [0.05, 0.1) is 12.0 Å². The SMILES string of the molecule is N#CC(CN)c1cccc(O)c1. The number of nitriles is 1. The molecule has 1 unspecified atom stereocenters. The first-order valence-corrected chi connectivity index (χ1v) is 3.66. The monoisotopic (exact) mass is 162 g/mol. The fraction of sp³-hybridized carbons (Fsp3) is 0.222. The molecule has 3 N–H and O–H groups in total. The Morgan fingerprint density at radius 3 is 2.83 bits per heavy atom. The van der Waals surface area contributed by atoms with E-state index in [1.807, 2.05) is 0 Å². The van der Waals surface area contributed by atoms with Crippen LogP contribution >= 0.6 is 0 Å². The molecule has 1 aromatic carbocycles. The molecule has 0 saturated carbocycles. The van der Waals surface area contributed by atoms with Crippen LogP contribution in [0.5, 0.6) is 5.75 Å². The first-order chi connectivity index (χ1) is 5.77. The van der Waals surface area contributed by atoms with Gasteiger partial charge in [-0.3, -0.25) is 0 Å². The number of nitrogens with two attached hydrogens (primary N) is 1. The number of hydrogen-bond donors (Lipinski definition) is 2. The Bertz CT molecular complexity index is 304. The van der Waals surface area contributed by atoms with Crippen LogP contribution in [0.4, 0.5) is 0 Å². The Morgan fingerprint density at radius 1 is 1.58 bits per heavy atom. The van der Waals surface area contributed by atoms with E-state index in [9.17, 15) is 0 Å². The van der Waals surface area contributed by atoms with Gasteiger partial charge in [-0.2, -0.15) is 5.26 Å². The second-order valence-corrected chi connectivity index (χ2v) is 2.51. The molecule has 0 spiro atoms. The van der Waals surface area contributed by atoms with Gasteiger partial charge < -0.3 is 10.8 Å². The van der Waals surface area contributed by atoms with E-state index in [1.54, 1.807) is 24.3 Å². The standard InChI is InChI=1S/C9H10N2O/c10-5-8(6-11)7-2-1-3-9(12)4-7/h1-4,8,12H,5,10H2. The smallest absolute Gasteiger partial charge is 0.115 e. The summed E-state index contributed by atoms with van der Waals surface area (Å²) in [6.07, 6.45) is 0. The first-order valence-electron chi connectivity index (χ1n) is 3.66. The zero-order chi connectivity index (χ0) is 8.97. The van der Waals surface area contributed by atoms with Crippen molar-refractivity contribution in [3.63, 3.8) is 0 Å². The van der Waals surface area contributed by atoms with E-state index in [0.717, 1.165) is 5.56 Å². The molecule has 0 aromatic heterocycles. The van der Waals surface area contributed by atoms with Crippen LogP contribution in [0.1, 0.15) is 11.5 Å². The van der Waals surface area contributed by atoms with Crippen molar-refractivity contribution in [3.05, 3.63) is 29.8 Å². The van der Waals surface area contributed by atoms with Gasteiger partial charge in [-0.25, -0.2) is 0 Å². The highest BCUT2D eigenvalue weighted by Crippen LogP contribution is 2.18. The van der Waals surface area contributed by atoms with Crippen molar-refractivity contribution in [2.24, 2.45) is 5.73 Å². The maximum absolute atomic E-state index is 9.10. The molecular weight excluding hydrogens is 152 g/mol. The average Bonchev–Trinajstić information content (AvgIpc) is 2.07. The van der Waals surface area contributed by atoms with Crippen molar-refractivity contribution in [1.82, 2.24) is 0 Å². The third kappa shape index (κ3) is 1.74. The maximum Gasteiger partial charge on any atom is 0.115 e. The van der Waals surface area contributed by atoms with Gasteiger partial charge >= 0.3 is 0 Å². The van der Waals surface area contributed by atoms with Crippen molar-refractivity contribution >= 4 is 0 Å². The Balaban J connectivity index is 2.95. The molecule has 0 saturated heterocycles. The maximum atomic E-state index is 9.10. The Hall–Kier alpha value is -1.53. The van der Waals surface area contributed by atoms with Crippen molar-refractivity contribution in [2.45, 2.75) is 5.92 Å². The highest BCUT2D eigenvalue weighted by Gasteiger charge is 2.07. The van der Waals surface area contributed by atoms with Crippen LogP contribution in [-0.2, 0) is 0 Å². The van der Waals surface area contributed by atoms with E-state index >= 15 is 0 Å². The quantitative estimate of drug-likeness (QED) is 0.680. The molecule has 0 aliphatic carbocycles. The molecule has 0 bridgehead atoms. The van der Waals surface area contributed by atoms with E-state index in [0.29, 0.717) is 0 Å². The number of hydrogen-bond acceptors (Lipinski definition) is 3. The summed E-state index contributed by atoms with van der Waals surface area (Å²) >= 11 is 0. The van der Waals surface area contributed by atoms with Crippen LogP contribution in [0.2, 0.25) is 0 Å². The fourth-order valence-electron chi connectivity index (χ4n) is 1.00. The lowest BCUT2D eigenvalue weighted by Crippen LogP contribution is -2.10. The zero-order valence-electron chi connectivity index (χ0n) is 6.57. The average molecular weight is 162 g/mol. The lowest BCUT2D eigenvalue weighted by Gasteiger charge is -2.05. The number of rotatable bonds is 2. The highest BCUT2D eigenvalue weighted by atomic mass is 16.3. The van der Waals surface area contributed by atoms with Gasteiger partial charge in [0.25, 0.3) is 0 Å². The molecule has 0 heterocycles. The van der Waals surface area contributed by atoms with Crippen LogP contribution in [0.15, 0.2) is 24.3 Å². The molecule has 1 rings (SSSR count). The van der Waals surface area contributed by atoms with E-state index in [1.165, 1.54) is 0 Å². The summed E-state index contributed by atoms with van der Waals surface area (Å²) < 4.78 is 0. The Labute approximate surface area is 71.1 Å². The van der Waals surface area contributed by atoms with Gasteiger partial charge in [-0.15, -0.1) is 0 Å². The summed E-state index contributed by atoms with van der Waals surface area (Å²) in [7, 11) is 0. The molecule has 0 amide bonds. The van der Waals surface area contributed by atoms with Crippen LogP contribution in [0, 0.1) is 11.3 Å². The number of aromatic hydroxyl groups is 1. The van der Waals surface area contributed by atoms with E-state index in [4.69, 9.17) is 16.1 Å². The van der Waals surface area contributed by atoms with Crippen LogP contribution in [0.25, 0.3) is 0 Å². The molecule has 62 valence electrons. The Kier molecular flexibility index (Phi) is 2.67. The molecule has 0 radical (unpaired) electrons. The third-order valence-electron chi connectivity index (χ3n) is 1.66. The van der Waals surface area contributed by atoms with Crippen LogP contribution in [0.3, 0.4) is 0 Å². The van der Waals surface area contributed by atoms with E-state index < -0.39 is 0 Å². The number of phenols is 1. The first kappa shape index (κ1) is 8.57. The molecule has 12 heavy (non-hydrogen) atoms. The topological polar surface area (TPSA) is 70.0 Å². The molecule has 3 nitrogen and oxygen atoms in total. The van der Waals surface area contributed by atoms with Gasteiger partial charge in [0.15, 0.2) is 0 Å². The lowest BCUT2D eigenvalue weighted by atomic mass is 10.0. The van der Waals surface area contributed by atoms with E-state index in [2.05, 4.69) is 6.07 Å². The number of benzene rings is 1. The molecule has 0 fully saturated rings. The summed E-state index contributed by atoms with van der Waals surface area (Å²) in [5.74, 6) is -0.154. The largest absolute Gasteiger partial charge is 0.508 e. The summed E-state index contributed by atoms with van der Waals surface area (Å²) in [5, 5.41) is 17.8. The minimum absolute atomic E-state index is 0.168. The lowest BCUT2D eigenvalue weighted by molar-refractivity contribution is 0.474. The molecular formula is C9H10N2O. The molecule has 1 atom stereocenters. The normalized spacial score (nSPS) is 12.0. The van der Waals surface area contributed by atoms with Gasteiger partial charge in [-0.05, 0) is 17.7 Å². The molecule has 0 aliphatic rings. The molecule has 3 heteroatoms. The predicted molar refractivity (Wildman–Crippen MR) is 45.5 cm³/mol. The van der Waals surface area contributed by atoms with Gasteiger partial charge in [0.1, 0.15) is 5.75 Å². The van der Waals surface area contributed by atoms with Gasteiger partial charge in [0.2, 0.25) is 0 Å². The number of nitrogens with zero attached hydrogens (tertiary/aromatic N) is 1. The van der Waals surface area contributed by atoms with Crippen LogP contribution in [-0.4, -0.2) is 11.7 Å². The molecule has 1 aromatic rings. The predicted octanol–water partition coefficient (Wildman–Crippen LogP) is 0.958.